The third-order valence-corrected chi connectivity index (χ3v) is 1.37. The van der Waals surface area contributed by atoms with Gasteiger partial charge in [0.15, 0.2) is 0 Å². The number of methoxy groups -OCH3 is 1. The number of rotatable bonds is 4. The first-order chi connectivity index (χ1) is 6.22. The highest BCUT2D eigenvalue weighted by atomic mass is 16.5. The Morgan fingerprint density at radius 3 is 2.77 bits per heavy atom. The number of anilines is 1. The van der Waals surface area contributed by atoms with Crippen LogP contribution in [0.3, 0.4) is 0 Å². The monoisotopic (exact) mass is 183 g/mol. The van der Waals surface area contributed by atoms with Crippen molar-refractivity contribution in [2.45, 2.75) is 6.92 Å². The molecule has 0 saturated heterocycles. The van der Waals surface area contributed by atoms with Crippen LogP contribution in [0.2, 0.25) is 0 Å². The zero-order chi connectivity index (χ0) is 9.68. The normalized spacial score (nSPS) is 10.0. The molecule has 5 heteroatoms. The molecular formula is C8H13N3O2. The number of aryl methyl sites for hydroxylation is 1. The van der Waals surface area contributed by atoms with Gasteiger partial charge in [0.05, 0.1) is 6.61 Å². The van der Waals surface area contributed by atoms with Crippen molar-refractivity contribution in [1.29, 1.82) is 0 Å². The van der Waals surface area contributed by atoms with E-state index >= 15 is 0 Å². The van der Waals surface area contributed by atoms with Crippen LogP contribution in [0.15, 0.2) is 6.07 Å². The van der Waals surface area contributed by atoms with Crippen LogP contribution in [-0.2, 0) is 4.74 Å². The first-order valence-electron chi connectivity index (χ1n) is 3.95. The largest absolute Gasteiger partial charge is 0.475 e. The van der Waals surface area contributed by atoms with Gasteiger partial charge in [0.25, 0.3) is 0 Å². The molecule has 0 fully saturated rings. The molecular weight excluding hydrogens is 170 g/mol. The third kappa shape index (κ3) is 3.25. The summed E-state index contributed by atoms with van der Waals surface area (Å²) in [7, 11) is 1.61. The minimum atomic E-state index is 0.417. The standard InChI is InChI=1S/C8H13N3O2/c1-6-10-7(9)5-8(11-6)13-4-3-12-2/h5H,3-4H2,1-2H3,(H2,9,10,11). The first kappa shape index (κ1) is 9.73. The molecule has 13 heavy (non-hydrogen) atoms. The average Bonchev–Trinajstić information content (AvgIpc) is 2.03. The zero-order valence-electron chi connectivity index (χ0n) is 7.78. The number of nitrogens with zero attached hydrogens (tertiary/aromatic N) is 2. The molecule has 72 valence electrons. The number of nitrogens with two attached hydrogens (primary N) is 1. The predicted molar refractivity (Wildman–Crippen MR) is 48.6 cm³/mol. The smallest absolute Gasteiger partial charge is 0.218 e. The molecule has 1 rings (SSSR count). The van der Waals surface area contributed by atoms with Crippen LogP contribution in [0.25, 0.3) is 0 Å². The molecule has 0 aliphatic rings. The Hall–Kier alpha value is -1.36. The van der Waals surface area contributed by atoms with Gasteiger partial charge in [-0.15, -0.1) is 0 Å². The lowest BCUT2D eigenvalue weighted by atomic mass is 10.5. The Bertz CT molecular complexity index is 258. The second kappa shape index (κ2) is 4.61. The van der Waals surface area contributed by atoms with E-state index < -0.39 is 0 Å². The van der Waals surface area contributed by atoms with Gasteiger partial charge in [0.2, 0.25) is 5.88 Å². The lowest BCUT2D eigenvalue weighted by Gasteiger charge is -2.05. The van der Waals surface area contributed by atoms with Crippen molar-refractivity contribution in [1.82, 2.24) is 9.97 Å². The summed E-state index contributed by atoms with van der Waals surface area (Å²) in [5.41, 5.74) is 5.50. The highest BCUT2D eigenvalue weighted by Gasteiger charge is 1.99. The SMILES string of the molecule is COCCOc1cc(N)nc(C)n1. The van der Waals surface area contributed by atoms with E-state index in [1.165, 1.54) is 0 Å². The number of ether oxygens (including phenoxy) is 2. The van der Waals surface area contributed by atoms with E-state index in [1.54, 1.807) is 20.1 Å². The van der Waals surface area contributed by atoms with Crippen LogP contribution in [-0.4, -0.2) is 30.3 Å². The molecule has 1 aromatic rings. The maximum Gasteiger partial charge on any atom is 0.218 e. The van der Waals surface area contributed by atoms with Crippen LogP contribution >= 0.6 is 0 Å². The van der Waals surface area contributed by atoms with E-state index in [1.807, 2.05) is 0 Å². The molecule has 0 saturated carbocycles. The molecule has 1 heterocycles. The van der Waals surface area contributed by atoms with E-state index in [0.29, 0.717) is 30.7 Å². The molecule has 0 amide bonds. The fraction of sp³-hybridized carbons (Fsp3) is 0.500. The quantitative estimate of drug-likeness (QED) is 0.684. The summed E-state index contributed by atoms with van der Waals surface area (Å²) in [6.07, 6.45) is 0. The van der Waals surface area contributed by atoms with Gasteiger partial charge in [-0.1, -0.05) is 0 Å². The van der Waals surface area contributed by atoms with E-state index in [9.17, 15) is 0 Å². The Labute approximate surface area is 76.9 Å². The van der Waals surface area contributed by atoms with Crippen molar-refractivity contribution in [2.75, 3.05) is 26.1 Å². The van der Waals surface area contributed by atoms with Gasteiger partial charge in [-0.05, 0) is 6.92 Å². The van der Waals surface area contributed by atoms with Gasteiger partial charge in [-0.25, -0.2) is 4.98 Å². The Morgan fingerprint density at radius 1 is 1.38 bits per heavy atom. The number of hydrogen-bond donors (Lipinski definition) is 1. The van der Waals surface area contributed by atoms with Gasteiger partial charge in [0.1, 0.15) is 18.2 Å². The highest BCUT2D eigenvalue weighted by molar-refractivity contribution is 5.32. The Morgan fingerprint density at radius 2 is 2.15 bits per heavy atom. The maximum absolute atomic E-state index is 5.50. The number of hydrogen-bond acceptors (Lipinski definition) is 5. The van der Waals surface area contributed by atoms with Crippen molar-refractivity contribution in [3.63, 3.8) is 0 Å². The van der Waals surface area contributed by atoms with E-state index in [-0.39, 0.29) is 0 Å². The first-order valence-corrected chi connectivity index (χ1v) is 3.95. The second-order valence-electron chi connectivity index (χ2n) is 2.52. The van der Waals surface area contributed by atoms with Crippen molar-refractivity contribution in [3.8, 4) is 5.88 Å². The lowest BCUT2D eigenvalue weighted by molar-refractivity contribution is 0.143. The van der Waals surface area contributed by atoms with E-state index in [4.69, 9.17) is 15.2 Å². The summed E-state index contributed by atoms with van der Waals surface area (Å²) < 4.78 is 10.1. The van der Waals surface area contributed by atoms with Crippen LogP contribution in [0.1, 0.15) is 5.82 Å². The molecule has 2 N–H and O–H groups in total. The molecule has 0 aromatic carbocycles. The van der Waals surface area contributed by atoms with Gasteiger partial charge in [-0.3, -0.25) is 0 Å². The molecule has 0 unspecified atom stereocenters. The number of nitrogen functional groups attached to an aromatic ring is 1. The summed E-state index contributed by atoms with van der Waals surface area (Å²) in [5.74, 6) is 1.51. The van der Waals surface area contributed by atoms with Crippen molar-refractivity contribution in [2.24, 2.45) is 0 Å². The fourth-order valence-corrected chi connectivity index (χ4v) is 0.866. The van der Waals surface area contributed by atoms with Crippen molar-refractivity contribution >= 4 is 5.82 Å². The molecule has 0 aliphatic heterocycles. The van der Waals surface area contributed by atoms with Crippen molar-refractivity contribution in [3.05, 3.63) is 11.9 Å². The van der Waals surface area contributed by atoms with Crippen LogP contribution in [0.4, 0.5) is 5.82 Å². The van der Waals surface area contributed by atoms with Gasteiger partial charge < -0.3 is 15.2 Å². The average molecular weight is 183 g/mol. The number of aromatic nitrogens is 2. The molecule has 5 nitrogen and oxygen atoms in total. The minimum absolute atomic E-state index is 0.417. The summed E-state index contributed by atoms with van der Waals surface area (Å²) in [6.45, 7) is 2.76. The van der Waals surface area contributed by atoms with Crippen molar-refractivity contribution < 1.29 is 9.47 Å². The minimum Gasteiger partial charge on any atom is -0.475 e. The predicted octanol–water partition coefficient (Wildman–Crippen LogP) is 0.392. The van der Waals surface area contributed by atoms with E-state index in [0.717, 1.165) is 0 Å². The second-order valence-corrected chi connectivity index (χ2v) is 2.52. The van der Waals surface area contributed by atoms with Crippen LogP contribution in [0.5, 0.6) is 5.88 Å². The zero-order valence-corrected chi connectivity index (χ0v) is 7.78. The van der Waals surface area contributed by atoms with Crippen LogP contribution < -0.4 is 10.5 Å². The molecule has 0 radical (unpaired) electrons. The Balaban J connectivity index is 2.56. The fourth-order valence-electron chi connectivity index (χ4n) is 0.866. The lowest BCUT2D eigenvalue weighted by Crippen LogP contribution is -2.07. The third-order valence-electron chi connectivity index (χ3n) is 1.37. The van der Waals surface area contributed by atoms with Gasteiger partial charge in [-0.2, -0.15) is 4.98 Å². The van der Waals surface area contributed by atoms with Gasteiger partial charge in [0, 0.05) is 13.2 Å². The molecule has 0 aliphatic carbocycles. The molecule has 0 atom stereocenters. The summed E-state index contributed by atoms with van der Waals surface area (Å²) in [6, 6.07) is 1.59. The topological polar surface area (TPSA) is 70.3 Å². The highest BCUT2D eigenvalue weighted by Crippen LogP contribution is 2.09. The van der Waals surface area contributed by atoms with Gasteiger partial charge >= 0.3 is 0 Å². The summed E-state index contributed by atoms with van der Waals surface area (Å²) in [4.78, 5) is 7.95. The molecule has 0 spiro atoms. The van der Waals surface area contributed by atoms with E-state index in [2.05, 4.69) is 9.97 Å². The summed E-state index contributed by atoms with van der Waals surface area (Å²) >= 11 is 0. The molecule has 0 bridgehead atoms. The van der Waals surface area contributed by atoms with Crippen LogP contribution in [0, 0.1) is 6.92 Å². The maximum atomic E-state index is 5.50. The molecule has 1 aromatic heterocycles. The Kier molecular flexibility index (Phi) is 3.45. The summed E-state index contributed by atoms with van der Waals surface area (Å²) in [5, 5.41) is 0.